The molecule has 0 unspecified atom stereocenters. The summed E-state index contributed by atoms with van der Waals surface area (Å²) >= 11 is 10.5. The van der Waals surface area contributed by atoms with E-state index in [0.717, 1.165) is 4.90 Å². The van der Waals surface area contributed by atoms with E-state index < -0.39 is 39.9 Å². The SMILES string of the molecule is COc1cccc(C(=O)NC(=S)N2CCN(c3c(F)c(F)c(Cl)c(F)c3F)CC2)c1. The maximum absolute atomic E-state index is 14.2. The maximum atomic E-state index is 14.2. The fourth-order valence-electron chi connectivity index (χ4n) is 3.02. The lowest BCUT2D eigenvalue weighted by atomic mass is 10.2. The van der Waals surface area contributed by atoms with E-state index in [1.807, 2.05) is 0 Å². The second kappa shape index (κ2) is 9.05. The molecule has 5 nitrogen and oxygen atoms in total. The van der Waals surface area contributed by atoms with Crippen molar-refractivity contribution in [3.05, 3.63) is 58.1 Å². The van der Waals surface area contributed by atoms with Gasteiger partial charge in [0.25, 0.3) is 5.91 Å². The second-order valence-electron chi connectivity index (χ2n) is 6.38. The first-order valence-corrected chi connectivity index (χ1v) is 9.54. The molecule has 0 atom stereocenters. The summed E-state index contributed by atoms with van der Waals surface area (Å²) in [5.41, 5.74) is -0.480. The highest BCUT2D eigenvalue weighted by molar-refractivity contribution is 7.80. The quantitative estimate of drug-likeness (QED) is 0.326. The zero-order valence-electron chi connectivity index (χ0n) is 15.6. The molecule has 11 heteroatoms. The van der Waals surface area contributed by atoms with E-state index in [1.54, 1.807) is 29.2 Å². The van der Waals surface area contributed by atoms with Crippen molar-refractivity contribution >= 4 is 40.5 Å². The van der Waals surface area contributed by atoms with E-state index >= 15 is 0 Å². The summed E-state index contributed by atoms with van der Waals surface area (Å²) in [6.45, 7) is 0.372. The Bertz CT molecular complexity index is 971. The molecule has 2 aromatic rings. The third-order valence-corrected chi connectivity index (χ3v) is 5.31. The minimum absolute atomic E-state index is 0.0174. The molecule has 3 rings (SSSR count). The number of benzene rings is 2. The lowest BCUT2D eigenvalue weighted by molar-refractivity contribution is 0.0972. The number of halogens is 5. The number of hydrogen-bond donors (Lipinski definition) is 1. The Balaban J connectivity index is 1.66. The van der Waals surface area contributed by atoms with Gasteiger partial charge in [-0.1, -0.05) is 17.7 Å². The number of hydrogen-bond acceptors (Lipinski definition) is 4. The monoisotopic (exact) mass is 461 g/mol. The lowest BCUT2D eigenvalue weighted by Gasteiger charge is -2.37. The standard InChI is InChI=1S/C19H16ClF4N3O2S/c1-29-11-4-2-3-10(9-11)18(28)25-19(30)27-7-5-26(6-8-27)17-15(23)13(21)12(20)14(22)16(17)24/h2-4,9H,5-8H2,1H3,(H,25,28,30). The Hall–Kier alpha value is -2.59. The molecule has 0 aliphatic carbocycles. The first-order valence-electron chi connectivity index (χ1n) is 8.75. The number of rotatable bonds is 3. The van der Waals surface area contributed by atoms with Crippen LogP contribution in [0.3, 0.4) is 0 Å². The van der Waals surface area contributed by atoms with Crippen molar-refractivity contribution in [1.29, 1.82) is 0 Å². The van der Waals surface area contributed by atoms with Crippen LogP contribution < -0.4 is 15.0 Å². The molecule has 0 radical (unpaired) electrons. The normalized spacial score (nSPS) is 13.9. The molecule has 0 saturated carbocycles. The van der Waals surface area contributed by atoms with Gasteiger partial charge < -0.3 is 14.5 Å². The van der Waals surface area contributed by atoms with Gasteiger partial charge in [0.1, 0.15) is 16.5 Å². The number of thiocarbonyl (C=S) groups is 1. The molecule has 160 valence electrons. The van der Waals surface area contributed by atoms with Gasteiger partial charge in [-0.15, -0.1) is 0 Å². The molecule has 1 fully saturated rings. The first kappa shape index (κ1) is 22.1. The molecular formula is C19H16ClF4N3O2S. The third-order valence-electron chi connectivity index (χ3n) is 4.62. The smallest absolute Gasteiger partial charge is 0.257 e. The fourth-order valence-corrected chi connectivity index (χ4v) is 3.46. The summed E-state index contributed by atoms with van der Waals surface area (Å²) < 4.78 is 60.8. The number of nitrogens with zero attached hydrogens (tertiary/aromatic N) is 2. The van der Waals surface area contributed by atoms with Gasteiger partial charge >= 0.3 is 0 Å². The molecular weight excluding hydrogens is 446 g/mol. The molecule has 1 N–H and O–H groups in total. The van der Waals surface area contributed by atoms with Crippen molar-refractivity contribution in [3.8, 4) is 5.75 Å². The van der Waals surface area contributed by atoms with Gasteiger partial charge in [-0.25, -0.2) is 17.6 Å². The largest absolute Gasteiger partial charge is 0.497 e. The number of carbonyl (C=O) groups is 1. The number of ether oxygens (including phenoxy) is 1. The number of anilines is 1. The van der Waals surface area contributed by atoms with Crippen LogP contribution in [0.4, 0.5) is 23.2 Å². The van der Waals surface area contributed by atoms with Crippen LogP contribution in [0.1, 0.15) is 10.4 Å². The molecule has 1 aliphatic heterocycles. The average Bonchev–Trinajstić information content (AvgIpc) is 2.76. The van der Waals surface area contributed by atoms with Crippen molar-refractivity contribution in [2.45, 2.75) is 0 Å². The van der Waals surface area contributed by atoms with E-state index in [4.69, 9.17) is 28.6 Å². The minimum Gasteiger partial charge on any atom is -0.497 e. The maximum Gasteiger partial charge on any atom is 0.257 e. The number of nitrogens with one attached hydrogen (secondary N) is 1. The Morgan fingerprint density at radius 2 is 1.67 bits per heavy atom. The van der Waals surface area contributed by atoms with Gasteiger partial charge in [0.2, 0.25) is 0 Å². The molecule has 0 spiro atoms. The summed E-state index contributed by atoms with van der Waals surface area (Å²) in [5.74, 6) is -6.33. The van der Waals surface area contributed by atoms with Crippen molar-refractivity contribution in [2.75, 3.05) is 38.2 Å². The van der Waals surface area contributed by atoms with Gasteiger partial charge in [0.05, 0.1) is 7.11 Å². The van der Waals surface area contributed by atoms with Gasteiger partial charge in [-0.2, -0.15) is 0 Å². The highest BCUT2D eigenvalue weighted by atomic mass is 35.5. The topological polar surface area (TPSA) is 44.8 Å². The number of amides is 1. The van der Waals surface area contributed by atoms with E-state index in [1.165, 1.54) is 7.11 Å². The van der Waals surface area contributed by atoms with Gasteiger partial charge in [-0.3, -0.25) is 10.1 Å². The van der Waals surface area contributed by atoms with E-state index in [9.17, 15) is 22.4 Å². The summed E-state index contributed by atoms with van der Waals surface area (Å²) in [4.78, 5) is 15.1. The van der Waals surface area contributed by atoms with Gasteiger partial charge in [-0.05, 0) is 30.4 Å². The third kappa shape index (κ3) is 4.29. The lowest BCUT2D eigenvalue weighted by Crippen LogP contribution is -2.53. The Kier molecular flexibility index (Phi) is 6.67. The van der Waals surface area contributed by atoms with E-state index in [-0.39, 0.29) is 31.3 Å². The number of methoxy groups -OCH3 is 1. The molecule has 1 heterocycles. The van der Waals surface area contributed by atoms with Crippen molar-refractivity contribution in [2.24, 2.45) is 0 Å². The van der Waals surface area contributed by atoms with Crippen LogP contribution in [0.15, 0.2) is 24.3 Å². The van der Waals surface area contributed by atoms with Gasteiger partial charge in [0, 0.05) is 31.7 Å². The second-order valence-corrected chi connectivity index (χ2v) is 7.15. The number of piperazine rings is 1. The zero-order chi connectivity index (χ0) is 22.0. The average molecular weight is 462 g/mol. The van der Waals surface area contributed by atoms with Crippen LogP contribution in [-0.4, -0.2) is 49.2 Å². The van der Waals surface area contributed by atoms with Crippen LogP contribution >= 0.6 is 23.8 Å². The highest BCUT2D eigenvalue weighted by Gasteiger charge is 2.30. The predicted molar refractivity (Wildman–Crippen MR) is 108 cm³/mol. The van der Waals surface area contributed by atoms with Crippen molar-refractivity contribution < 1.29 is 27.1 Å². The molecule has 1 amide bonds. The molecule has 0 aromatic heterocycles. The molecule has 0 bridgehead atoms. The first-order chi connectivity index (χ1) is 14.2. The number of carbonyl (C=O) groups excluding carboxylic acids is 1. The Morgan fingerprint density at radius 3 is 2.23 bits per heavy atom. The van der Waals surface area contributed by atoms with E-state index in [2.05, 4.69) is 5.32 Å². The molecule has 2 aromatic carbocycles. The van der Waals surface area contributed by atoms with Crippen LogP contribution in [0, 0.1) is 23.3 Å². The predicted octanol–water partition coefficient (Wildman–Crippen LogP) is 3.74. The highest BCUT2D eigenvalue weighted by Crippen LogP contribution is 2.33. The summed E-state index contributed by atoms with van der Waals surface area (Å²) in [6, 6.07) is 6.48. The zero-order valence-corrected chi connectivity index (χ0v) is 17.2. The molecule has 1 aliphatic rings. The van der Waals surface area contributed by atoms with Gasteiger partial charge in [0.15, 0.2) is 28.4 Å². The van der Waals surface area contributed by atoms with Crippen molar-refractivity contribution in [3.63, 3.8) is 0 Å². The summed E-state index contributed by atoms with van der Waals surface area (Å²) in [7, 11) is 1.48. The Morgan fingerprint density at radius 1 is 1.07 bits per heavy atom. The van der Waals surface area contributed by atoms with Crippen LogP contribution in [-0.2, 0) is 0 Å². The van der Waals surface area contributed by atoms with Crippen LogP contribution in [0.2, 0.25) is 5.02 Å². The van der Waals surface area contributed by atoms with Crippen LogP contribution in [0.25, 0.3) is 0 Å². The fraction of sp³-hybridized carbons (Fsp3) is 0.263. The minimum atomic E-state index is -1.64. The van der Waals surface area contributed by atoms with E-state index in [0.29, 0.717) is 11.3 Å². The Labute approximate surface area is 180 Å². The summed E-state index contributed by atoms with van der Waals surface area (Å²) in [6.07, 6.45) is 0. The summed E-state index contributed by atoms with van der Waals surface area (Å²) in [5, 5.41) is 1.47. The van der Waals surface area contributed by atoms with Crippen molar-refractivity contribution in [1.82, 2.24) is 10.2 Å². The molecule has 30 heavy (non-hydrogen) atoms. The molecule has 1 saturated heterocycles. The van der Waals surface area contributed by atoms with Crippen LogP contribution in [0.5, 0.6) is 5.75 Å².